The molecular weight excluding hydrogens is 202 g/mol. The fourth-order valence-corrected chi connectivity index (χ4v) is 2.17. The SMILES string of the molecule is CCN(CC)C(=O)CN1CC(C)NCC1C. The number of likely N-dealkylation sites (N-methyl/N-ethyl adjacent to an activating group) is 1. The second kappa shape index (κ2) is 6.21. The Hall–Kier alpha value is -0.610. The van der Waals surface area contributed by atoms with E-state index in [1.165, 1.54) is 0 Å². The van der Waals surface area contributed by atoms with Gasteiger partial charge in [-0.25, -0.2) is 0 Å². The van der Waals surface area contributed by atoms with Gasteiger partial charge < -0.3 is 10.2 Å². The van der Waals surface area contributed by atoms with Crippen molar-refractivity contribution in [1.82, 2.24) is 15.1 Å². The Morgan fingerprint density at radius 1 is 1.38 bits per heavy atom. The zero-order chi connectivity index (χ0) is 12.1. The minimum atomic E-state index is 0.256. The molecule has 0 aromatic rings. The largest absolute Gasteiger partial charge is 0.342 e. The van der Waals surface area contributed by atoms with Gasteiger partial charge in [0.1, 0.15) is 0 Å². The van der Waals surface area contributed by atoms with Gasteiger partial charge in [-0.05, 0) is 27.7 Å². The number of rotatable bonds is 4. The minimum Gasteiger partial charge on any atom is -0.342 e. The summed E-state index contributed by atoms with van der Waals surface area (Å²) in [7, 11) is 0. The topological polar surface area (TPSA) is 35.6 Å². The molecule has 2 unspecified atom stereocenters. The fraction of sp³-hybridized carbons (Fsp3) is 0.917. The molecule has 4 nitrogen and oxygen atoms in total. The van der Waals surface area contributed by atoms with Gasteiger partial charge in [0.2, 0.25) is 5.91 Å². The number of piperazine rings is 1. The van der Waals surface area contributed by atoms with Crippen LogP contribution in [0, 0.1) is 0 Å². The van der Waals surface area contributed by atoms with E-state index in [1.807, 2.05) is 18.7 Å². The molecule has 1 saturated heterocycles. The molecule has 0 aromatic heterocycles. The molecule has 16 heavy (non-hydrogen) atoms. The molecular formula is C12H25N3O. The summed E-state index contributed by atoms with van der Waals surface area (Å²) >= 11 is 0. The summed E-state index contributed by atoms with van der Waals surface area (Å²) in [4.78, 5) is 16.2. The van der Waals surface area contributed by atoms with E-state index in [-0.39, 0.29) is 5.91 Å². The molecule has 94 valence electrons. The summed E-state index contributed by atoms with van der Waals surface area (Å²) < 4.78 is 0. The highest BCUT2D eigenvalue weighted by Gasteiger charge is 2.25. The Morgan fingerprint density at radius 2 is 2.00 bits per heavy atom. The Kier molecular flexibility index (Phi) is 5.22. The summed E-state index contributed by atoms with van der Waals surface area (Å²) in [6, 6.07) is 0.941. The maximum Gasteiger partial charge on any atom is 0.236 e. The van der Waals surface area contributed by atoms with Crippen LogP contribution >= 0.6 is 0 Å². The predicted octanol–water partition coefficient (Wildman–Crippen LogP) is 0.537. The van der Waals surface area contributed by atoms with Crippen LogP contribution < -0.4 is 5.32 Å². The summed E-state index contributed by atoms with van der Waals surface area (Å²) in [5.74, 6) is 0.256. The molecule has 0 aromatic carbocycles. The maximum absolute atomic E-state index is 12.0. The Labute approximate surface area is 99.0 Å². The second-order valence-electron chi connectivity index (χ2n) is 4.65. The van der Waals surface area contributed by atoms with Crippen LogP contribution in [0.3, 0.4) is 0 Å². The van der Waals surface area contributed by atoms with Gasteiger partial charge in [0.25, 0.3) is 0 Å². The minimum absolute atomic E-state index is 0.256. The molecule has 1 aliphatic rings. The highest BCUT2D eigenvalue weighted by molar-refractivity contribution is 5.78. The van der Waals surface area contributed by atoms with Gasteiger partial charge in [-0.2, -0.15) is 0 Å². The number of nitrogens with zero attached hydrogens (tertiary/aromatic N) is 2. The van der Waals surface area contributed by atoms with Crippen molar-refractivity contribution < 1.29 is 4.79 Å². The lowest BCUT2D eigenvalue weighted by atomic mass is 10.1. The normalized spacial score (nSPS) is 26.8. The van der Waals surface area contributed by atoms with Gasteiger partial charge in [-0.15, -0.1) is 0 Å². The monoisotopic (exact) mass is 227 g/mol. The highest BCUT2D eigenvalue weighted by atomic mass is 16.2. The first kappa shape index (κ1) is 13.5. The van der Waals surface area contributed by atoms with E-state index in [1.54, 1.807) is 0 Å². The first-order valence-corrected chi connectivity index (χ1v) is 6.33. The third-order valence-corrected chi connectivity index (χ3v) is 3.35. The van der Waals surface area contributed by atoms with E-state index in [0.29, 0.717) is 18.6 Å². The van der Waals surface area contributed by atoms with Crippen molar-refractivity contribution in [2.24, 2.45) is 0 Å². The van der Waals surface area contributed by atoms with Crippen LogP contribution in [0.2, 0.25) is 0 Å². The lowest BCUT2D eigenvalue weighted by Crippen LogP contribution is -2.56. The van der Waals surface area contributed by atoms with Crippen LogP contribution in [0.4, 0.5) is 0 Å². The van der Waals surface area contributed by atoms with Crippen LogP contribution in [0.15, 0.2) is 0 Å². The van der Waals surface area contributed by atoms with E-state index in [9.17, 15) is 4.79 Å². The lowest BCUT2D eigenvalue weighted by Gasteiger charge is -2.37. The first-order chi connectivity index (χ1) is 7.58. The van der Waals surface area contributed by atoms with Crippen LogP contribution in [-0.4, -0.2) is 60.5 Å². The Morgan fingerprint density at radius 3 is 2.56 bits per heavy atom. The average Bonchev–Trinajstić information content (AvgIpc) is 2.25. The molecule has 1 amide bonds. The summed E-state index contributed by atoms with van der Waals surface area (Å²) in [6.45, 7) is 12.5. The third kappa shape index (κ3) is 3.46. The Bertz CT molecular complexity index is 228. The number of carbonyl (C=O) groups excluding carboxylic acids is 1. The number of nitrogens with one attached hydrogen (secondary N) is 1. The number of hydrogen-bond acceptors (Lipinski definition) is 3. The summed E-state index contributed by atoms with van der Waals surface area (Å²) in [6.07, 6.45) is 0. The second-order valence-corrected chi connectivity index (χ2v) is 4.65. The molecule has 4 heteroatoms. The molecule has 2 atom stereocenters. The molecule has 1 fully saturated rings. The van der Waals surface area contributed by atoms with Gasteiger partial charge in [0, 0.05) is 38.3 Å². The zero-order valence-electron chi connectivity index (χ0n) is 11.0. The number of carbonyl (C=O) groups is 1. The van der Waals surface area contributed by atoms with Crippen molar-refractivity contribution in [3.05, 3.63) is 0 Å². The van der Waals surface area contributed by atoms with Crippen LogP contribution in [0.25, 0.3) is 0 Å². The van der Waals surface area contributed by atoms with Crippen LogP contribution in [0.5, 0.6) is 0 Å². The van der Waals surface area contributed by atoms with E-state index >= 15 is 0 Å². The van der Waals surface area contributed by atoms with Gasteiger partial charge >= 0.3 is 0 Å². The van der Waals surface area contributed by atoms with Crippen LogP contribution in [0.1, 0.15) is 27.7 Å². The van der Waals surface area contributed by atoms with E-state index in [2.05, 4.69) is 24.1 Å². The third-order valence-electron chi connectivity index (χ3n) is 3.35. The van der Waals surface area contributed by atoms with Gasteiger partial charge in [0.15, 0.2) is 0 Å². The molecule has 0 spiro atoms. The van der Waals surface area contributed by atoms with Crippen molar-refractivity contribution in [1.29, 1.82) is 0 Å². The molecule has 0 aliphatic carbocycles. The van der Waals surface area contributed by atoms with E-state index in [4.69, 9.17) is 0 Å². The molecule has 0 saturated carbocycles. The molecule has 1 heterocycles. The molecule has 0 radical (unpaired) electrons. The standard InChI is InChI=1S/C12H25N3O/c1-5-14(6-2)12(16)9-15-8-10(3)13-7-11(15)4/h10-11,13H,5-9H2,1-4H3. The maximum atomic E-state index is 12.0. The predicted molar refractivity (Wildman–Crippen MR) is 66.4 cm³/mol. The molecule has 0 bridgehead atoms. The van der Waals surface area contributed by atoms with Crippen molar-refractivity contribution in [3.63, 3.8) is 0 Å². The van der Waals surface area contributed by atoms with E-state index in [0.717, 1.165) is 26.2 Å². The quantitative estimate of drug-likeness (QED) is 0.761. The van der Waals surface area contributed by atoms with Crippen molar-refractivity contribution in [3.8, 4) is 0 Å². The number of amides is 1. The van der Waals surface area contributed by atoms with Crippen molar-refractivity contribution in [2.75, 3.05) is 32.7 Å². The number of hydrogen-bond donors (Lipinski definition) is 1. The molecule has 1 rings (SSSR count). The fourth-order valence-electron chi connectivity index (χ4n) is 2.17. The highest BCUT2D eigenvalue weighted by Crippen LogP contribution is 2.06. The van der Waals surface area contributed by atoms with Gasteiger partial charge in [-0.1, -0.05) is 0 Å². The van der Waals surface area contributed by atoms with Crippen molar-refractivity contribution >= 4 is 5.91 Å². The van der Waals surface area contributed by atoms with Crippen LogP contribution in [-0.2, 0) is 4.79 Å². The zero-order valence-corrected chi connectivity index (χ0v) is 11.0. The average molecular weight is 227 g/mol. The summed E-state index contributed by atoms with van der Waals surface area (Å²) in [5, 5.41) is 3.43. The van der Waals surface area contributed by atoms with Gasteiger partial charge in [0.05, 0.1) is 6.54 Å². The van der Waals surface area contributed by atoms with Gasteiger partial charge in [-0.3, -0.25) is 9.69 Å². The summed E-state index contributed by atoms with van der Waals surface area (Å²) in [5.41, 5.74) is 0. The van der Waals surface area contributed by atoms with Crippen molar-refractivity contribution in [2.45, 2.75) is 39.8 Å². The lowest BCUT2D eigenvalue weighted by molar-refractivity contribution is -0.132. The molecule has 1 aliphatic heterocycles. The smallest absolute Gasteiger partial charge is 0.236 e. The Balaban J connectivity index is 2.48. The molecule has 1 N–H and O–H groups in total. The van der Waals surface area contributed by atoms with E-state index < -0.39 is 0 Å². The first-order valence-electron chi connectivity index (χ1n) is 6.33.